The van der Waals surface area contributed by atoms with Crippen molar-refractivity contribution in [3.8, 4) is 0 Å². The molecule has 7 heavy (non-hydrogen) atoms. The van der Waals surface area contributed by atoms with Crippen molar-refractivity contribution in [1.82, 2.24) is 0 Å². The second kappa shape index (κ2) is 30.7. The Hall–Kier alpha value is 0.594. The van der Waals surface area contributed by atoms with Gasteiger partial charge in [0.1, 0.15) is 0 Å². The third-order valence-electron chi connectivity index (χ3n) is 0.250. The molecule has 0 radical (unpaired) electrons. The Balaban J connectivity index is -0.0000000150. The first-order chi connectivity index (χ1) is 1.91. The maximum absolute atomic E-state index is 2.18. The molecule has 0 aliphatic heterocycles. The van der Waals surface area contributed by atoms with E-state index in [9.17, 15) is 0 Å². The molecule has 47 valence electrons. The maximum atomic E-state index is 2.18. The molecule has 3 nitrogen and oxygen atoms in total. The summed E-state index contributed by atoms with van der Waals surface area (Å²) >= 11 is 2.18. The standard InChI is InChI=1S/C3H7.3H2O.Ti/c1-3-2;;;;/h1,3H2,2H3;3*1H2;. The molecule has 0 fully saturated rings. The van der Waals surface area contributed by atoms with Crippen LogP contribution in [-0.4, -0.2) is 16.4 Å². The van der Waals surface area contributed by atoms with Crippen LogP contribution in [0.25, 0.3) is 0 Å². The van der Waals surface area contributed by atoms with Gasteiger partial charge < -0.3 is 16.4 Å². The van der Waals surface area contributed by atoms with Crippen LogP contribution in [0.1, 0.15) is 13.3 Å². The van der Waals surface area contributed by atoms with E-state index in [0.29, 0.717) is 0 Å². The summed E-state index contributed by atoms with van der Waals surface area (Å²) in [5.74, 6) is 0. The molecule has 0 spiro atoms. The van der Waals surface area contributed by atoms with Crippen LogP contribution in [0.5, 0.6) is 0 Å². The van der Waals surface area contributed by atoms with E-state index in [2.05, 4.69) is 27.4 Å². The number of hydrogen-bond donors (Lipinski definition) is 0. The van der Waals surface area contributed by atoms with Gasteiger partial charge in [-0.2, -0.15) is 0 Å². The van der Waals surface area contributed by atoms with Crippen molar-refractivity contribution >= 4 is 0 Å². The van der Waals surface area contributed by atoms with E-state index in [1.54, 1.807) is 0 Å². The van der Waals surface area contributed by atoms with Gasteiger partial charge in [0.2, 0.25) is 0 Å². The molecule has 0 atom stereocenters. The monoisotopic (exact) mass is 145 g/mol. The summed E-state index contributed by atoms with van der Waals surface area (Å²) in [7, 11) is 0. The van der Waals surface area contributed by atoms with Gasteiger partial charge in [0.05, 0.1) is 0 Å². The summed E-state index contributed by atoms with van der Waals surface area (Å²) in [6, 6.07) is 0. The number of hydrogen-bond acceptors (Lipinski definition) is 0. The first-order valence-electron chi connectivity index (χ1n) is 1.56. The Labute approximate surface area is 55.4 Å². The van der Waals surface area contributed by atoms with E-state index < -0.39 is 0 Å². The van der Waals surface area contributed by atoms with Gasteiger partial charge in [0, 0.05) is 0 Å². The van der Waals surface area contributed by atoms with Gasteiger partial charge in [-0.1, -0.05) is 0 Å². The largest absolute Gasteiger partial charge is 0.412 e. The van der Waals surface area contributed by atoms with Crippen molar-refractivity contribution in [3.63, 3.8) is 0 Å². The van der Waals surface area contributed by atoms with Crippen LogP contribution >= 0.6 is 0 Å². The molecule has 4 heteroatoms. The normalized spacial score (nSPS) is 4.00. The molecular formula is C3H13O3Ti. The van der Waals surface area contributed by atoms with Crippen molar-refractivity contribution in [3.05, 3.63) is 0 Å². The van der Waals surface area contributed by atoms with E-state index in [0.717, 1.165) is 0 Å². The molecule has 0 rings (SSSR count). The zero-order valence-electron chi connectivity index (χ0n) is 4.41. The van der Waals surface area contributed by atoms with Gasteiger partial charge in [-0.25, -0.2) is 0 Å². The average Bonchev–Trinajstić information content (AvgIpc) is 1.37. The third kappa shape index (κ3) is 54.8. The van der Waals surface area contributed by atoms with Crippen molar-refractivity contribution in [2.45, 2.75) is 18.1 Å². The minimum absolute atomic E-state index is 0. The molecular weight excluding hydrogens is 132 g/mol. The summed E-state index contributed by atoms with van der Waals surface area (Å²) in [6.45, 7) is 2.18. The molecule has 0 aromatic rings. The fourth-order valence-corrected chi connectivity index (χ4v) is 0. The Morgan fingerprint density at radius 3 is 1.29 bits per heavy atom. The van der Waals surface area contributed by atoms with Crippen LogP contribution in [-0.2, 0) is 20.4 Å². The van der Waals surface area contributed by atoms with E-state index in [1.807, 2.05) is 0 Å². The predicted molar refractivity (Wildman–Crippen MR) is 25.9 cm³/mol. The van der Waals surface area contributed by atoms with Crippen molar-refractivity contribution in [2.24, 2.45) is 0 Å². The van der Waals surface area contributed by atoms with Crippen LogP contribution in [0, 0.1) is 0 Å². The van der Waals surface area contributed by atoms with Crippen molar-refractivity contribution in [1.29, 1.82) is 0 Å². The second-order valence-electron chi connectivity index (χ2n) is 0.750. The SMILES string of the molecule is CC[CH2][Ti].O.O.O. The molecule has 0 aromatic carbocycles. The Bertz CT molecular complexity index is 12.1. The first-order valence-corrected chi connectivity index (χ1v) is 2.66. The van der Waals surface area contributed by atoms with Crippen LogP contribution in [0.4, 0.5) is 0 Å². The molecule has 0 aromatic heterocycles. The summed E-state index contributed by atoms with van der Waals surface area (Å²) in [5, 5.41) is 0. The fraction of sp³-hybridized carbons (Fsp3) is 1.00. The van der Waals surface area contributed by atoms with Crippen LogP contribution in [0.15, 0.2) is 0 Å². The molecule has 0 saturated carbocycles. The average molecular weight is 145 g/mol. The molecule has 0 aliphatic carbocycles. The van der Waals surface area contributed by atoms with Crippen molar-refractivity contribution < 1.29 is 36.9 Å². The fourth-order valence-electron chi connectivity index (χ4n) is 0. The Morgan fingerprint density at radius 1 is 1.14 bits per heavy atom. The summed E-state index contributed by atoms with van der Waals surface area (Å²) in [6.07, 6.45) is 1.32. The van der Waals surface area contributed by atoms with Gasteiger partial charge in [-0.05, 0) is 0 Å². The minimum Gasteiger partial charge on any atom is -0.412 e. The van der Waals surface area contributed by atoms with Gasteiger partial charge >= 0.3 is 38.5 Å². The maximum Gasteiger partial charge on any atom is -0.412 e. The van der Waals surface area contributed by atoms with Crippen molar-refractivity contribution in [2.75, 3.05) is 0 Å². The molecule has 0 saturated heterocycles. The molecule has 0 amide bonds. The quantitative estimate of drug-likeness (QED) is 0.418. The summed E-state index contributed by atoms with van der Waals surface area (Å²) in [4.78, 5) is 0. The molecule has 0 aliphatic rings. The summed E-state index contributed by atoms with van der Waals surface area (Å²) in [5.41, 5.74) is 0. The van der Waals surface area contributed by atoms with Gasteiger partial charge in [-0.3, -0.25) is 0 Å². The molecule has 6 N–H and O–H groups in total. The zero-order chi connectivity index (χ0) is 3.41. The van der Waals surface area contributed by atoms with E-state index in [1.165, 1.54) is 11.1 Å². The van der Waals surface area contributed by atoms with Gasteiger partial charge in [0.15, 0.2) is 0 Å². The second-order valence-corrected chi connectivity index (χ2v) is 1.53. The smallest absolute Gasteiger partial charge is 0.412 e. The molecule has 0 heterocycles. The van der Waals surface area contributed by atoms with Crippen LogP contribution in [0.3, 0.4) is 0 Å². The Kier molecular flexibility index (Phi) is 112. The van der Waals surface area contributed by atoms with E-state index >= 15 is 0 Å². The van der Waals surface area contributed by atoms with Crippen LogP contribution < -0.4 is 0 Å². The van der Waals surface area contributed by atoms with E-state index in [4.69, 9.17) is 0 Å². The minimum atomic E-state index is 0. The molecule has 0 bridgehead atoms. The topological polar surface area (TPSA) is 94.5 Å². The first kappa shape index (κ1) is 25.6. The third-order valence-corrected chi connectivity index (χ3v) is 1.03. The zero-order valence-corrected chi connectivity index (χ0v) is 5.98. The van der Waals surface area contributed by atoms with E-state index in [-0.39, 0.29) is 16.4 Å². The number of rotatable bonds is 1. The predicted octanol–water partition coefficient (Wildman–Crippen LogP) is -1.11. The van der Waals surface area contributed by atoms with Gasteiger partial charge in [-0.15, -0.1) is 0 Å². The van der Waals surface area contributed by atoms with Gasteiger partial charge in [0.25, 0.3) is 0 Å². The Morgan fingerprint density at radius 2 is 1.29 bits per heavy atom. The molecule has 0 unspecified atom stereocenters. The summed E-state index contributed by atoms with van der Waals surface area (Å²) < 4.78 is 1.32. The van der Waals surface area contributed by atoms with Crippen LogP contribution in [0.2, 0.25) is 4.73 Å².